The molecule has 1 aromatic carbocycles. The lowest BCUT2D eigenvalue weighted by atomic mass is 10.2. The molecule has 0 amide bonds. The SMILES string of the molecule is COc1ccc(CNCCC(C)SC)c(F)c1. The number of benzene rings is 1. The Hall–Kier alpha value is -0.740. The van der Waals surface area contributed by atoms with Crippen molar-refractivity contribution in [2.24, 2.45) is 0 Å². The fraction of sp³-hybridized carbons (Fsp3) is 0.538. The molecule has 96 valence electrons. The second-order valence-corrected chi connectivity index (χ2v) is 5.25. The Morgan fingerprint density at radius 2 is 2.24 bits per heavy atom. The average molecular weight is 257 g/mol. The van der Waals surface area contributed by atoms with E-state index in [9.17, 15) is 4.39 Å². The maximum atomic E-state index is 13.6. The molecule has 1 N–H and O–H groups in total. The molecule has 1 unspecified atom stereocenters. The van der Waals surface area contributed by atoms with Gasteiger partial charge in [0, 0.05) is 23.4 Å². The fourth-order valence-corrected chi connectivity index (χ4v) is 1.80. The van der Waals surface area contributed by atoms with E-state index in [2.05, 4.69) is 18.5 Å². The smallest absolute Gasteiger partial charge is 0.131 e. The number of methoxy groups -OCH3 is 1. The Morgan fingerprint density at radius 3 is 2.82 bits per heavy atom. The van der Waals surface area contributed by atoms with Gasteiger partial charge in [-0.1, -0.05) is 13.0 Å². The first-order chi connectivity index (χ1) is 8.17. The molecule has 4 heteroatoms. The third-order valence-corrected chi connectivity index (χ3v) is 3.75. The van der Waals surface area contributed by atoms with Crippen molar-refractivity contribution in [1.82, 2.24) is 5.32 Å². The lowest BCUT2D eigenvalue weighted by molar-refractivity contribution is 0.410. The third-order valence-electron chi connectivity index (χ3n) is 2.71. The van der Waals surface area contributed by atoms with E-state index in [0.717, 1.165) is 13.0 Å². The molecule has 17 heavy (non-hydrogen) atoms. The molecule has 0 radical (unpaired) electrons. The minimum absolute atomic E-state index is 0.213. The second-order valence-electron chi connectivity index (χ2n) is 3.97. The van der Waals surface area contributed by atoms with E-state index in [1.165, 1.54) is 13.2 Å². The first-order valence-corrected chi connectivity index (χ1v) is 7.02. The Morgan fingerprint density at radius 1 is 1.47 bits per heavy atom. The van der Waals surface area contributed by atoms with E-state index in [-0.39, 0.29) is 5.82 Å². The summed E-state index contributed by atoms with van der Waals surface area (Å²) in [6.07, 6.45) is 3.20. The van der Waals surface area contributed by atoms with Crippen molar-refractivity contribution in [2.75, 3.05) is 19.9 Å². The second kappa shape index (κ2) is 7.56. The van der Waals surface area contributed by atoms with Crippen LogP contribution < -0.4 is 10.1 Å². The summed E-state index contributed by atoms with van der Waals surface area (Å²) in [5, 5.41) is 3.89. The van der Waals surface area contributed by atoms with E-state index in [4.69, 9.17) is 4.74 Å². The number of hydrogen-bond acceptors (Lipinski definition) is 3. The van der Waals surface area contributed by atoms with Crippen molar-refractivity contribution in [1.29, 1.82) is 0 Å². The van der Waals surface area contributed by atoms with Gasteiger partial charge in [0.15, 0.2) is 0 Å². The molecule has 0 bridgehead atoms. The van der Waals surface area contributed by atoms with Gasteiger partial charge in [-0.3, -0.25) is 0 Å². The van der Waals surface area contributed by atoms with Crippen LogP contribution in [-0.4, -0.2) is 25.2 Å². The molecular weight excluding hydrogens is 237 g/mol. The highest BCUT2D eigenvalue weighted by Crippen LogP contribution is 2.16. The van der Waals surface area contributed by atoms with Crippen molar-refractivity contribution in [3.8, 4) is 5.75 Å². The van der Waals surface area contributed by atoms with Gasteiger partial charge >= 0.3 is 0 Å². The Labute approximate surface area is 107 Å². The van der Waals surface area contributed by atoms with Gasteiger partial charge in [-0.15, -0.1) is 0 Å². The van der Waals surface area contributed by atoms with Crippen LogP contribution in [0.5, 0.6) is 5.75 Å². The minimum Gasteiger partial charge on any atom is -0.497 e. The van der Waals surface area contributed by atoms with E-state index in [0.29, 0.717) is 23.1 Å². The summed E-state index contributed by atoms with van der Waals surface area (Å²) < 4.78 is 18.5. The largest absolute Gasteiger partial charge is 0.497 e. The van der Waals surface area contributed by atoms with Gasteiger partial charge in [0.1, 0.15) is 11.6 Å². The molecule has 0 fully saturated rings. The zero-order valence-electron chi connectivity index (χ0n) is 10.6. The van der Waals surface area contributed by atoms with Crippen molar-refractivity contribution in [3.63, 3.8) is 0 Å². The van der Waals surface area contributed by atoms with E-state index in [1.807, 2.05) is 11.8 Å². The van der Waals surface area contributed by atoms with Gasteiger partial charge in [0.2, 0.25) is 0 Å². The topological polar surface area (TPSA) is 21.3 Å². The Kier molecular flexibility index (Phi) is 6.37. The number of rotatable bonds is 7. The molecule has 1 aromatic rings. The van der Waals surface area contributed by atoms with Crippen LogP contribution in [0.15, 0.2) is 18.2 Å². The van der Waals surface area contributed by atoms with Crippen LogP contribution in [0, 0.1) is 5.82 Å². The molecule has 0 aliphatic heterocycles. The molecule has 1 atom stereocenters. The predicted molar refractivity (Wildman–Crippen MR) is 72.3 cm³/mol. The molecule has 0 heterocycles. The number of thioether (sulfide) groups is 1. The summed E-state index contributed by atoms with van der Waals surface area (Å²) in [6, 6.07) is 4.96. The van der Waals surface area contributed by atoms with E-state index >= 15 is 0 Å². The summed E-state index contributed by atoms with van der Waals surface area (Å²) in [5.41, 5.74) is 0.683. The maximum Gasteiger partial charge on any atom is 0.131 e. The molecule has 2 nitrogen and oxygen atoms in total. The normalized spacial score (nSPS) is 12.5. The Balaban J connectivity index is 2.36. The van der Waals surface area contributed by atoms with Crippen LogP contribution in [-0.2, 0) is 6.54 Å². The highest BCUT2D eigenvalue weighted by molar-refractivity contribution is 7.99. The summed E-state index contributed by atoms with van der Waals surface area (Å²) in [6.45, 7) is 3.67. The van der Waals surface area contributed by atoms with Crippen LogP contribution >= 0.6 is 11.8 Å². The first-order valence-electron chi connectivity index (χ1n) is 5.73. The summed E-state index contributed by atoms with van der Waals surface area (Å²) >= 11 is 1.85. The number of ether oxygens (including phenoxy) is 1. The lowest BCUT2D eigenvalue weighted by Crippen LogP contribution is -2.18. The summed E-state index contributed by atoms with van der Waals surface area (Å²) in [7, 11) is 1.54. The quantitative estimate of drug-likeness (QED) is 0.759. The molecule has 0 aliphatic rings. The number of halogens is 1. The summed E-state index contributed by atoms with van der Waals surface area (Å²) in [4.78, 5) is 0. The summed E-state index contributed by atoms with van der Waals surface area (Å²) in [5.74, 6) is 0.344. The van der Waals surface area contributed by atoms with Crippen LogP contribution in [0.2, 0.25) is 0 Å². The van der Waals surface area contributed by atoms with Crippen molar-refractivity contribution >= 4 is 11.8 Å². The van der Waals surface area contributed by atoms with Gasteiger partial charge in [0.05, 0.1) is 7.11 Å². The molecular formula is C13H20FNOS. The van der Waals surface area contributed by atoms with Gasteiger partial charge in [-0.2, -0.15) is 11.8 Å². The predicted octanol–water partition coefficient (Wildman–Crippen LogP) is 3.07. The number of nitrogens with one attached hydrogen (secondary N) is 1. The van der Waals surface area contributed by atoms with Gasteiger partial charge < -0.3 is 10.1 Å². The van der Waals surface area contributed by atoms with Crippen molar-refractivity contribution in [3.05, 3.63) is 29.6 Å². The zero-order valence-corrected chi connectivity index (χ0v) is 11.4. The molecule has 0 aromatic heterocycles. The molecule has 1 rings (SSSR count). The lowest BCUT2D eigenvalue weighted by Gasteiger charge is -2.10. The van der Waals surface area contributed by atoms with Crippen LogP contribution in [0.1, 0.15) is 18.9 Å². The number of hydrogen-bond donors (Lipinski definition) is 1. The fourth-order valence-electron chi connectivity index (χ4n) is 1.44. The molecule has 0 spiro atoms. The third kappa shape index (κ3) is 4.96. The molecule has 0 saturated heterocycles. The Bertz CT molecular complexity index is 346. The van der Waals surface area contributed by atoms with Crippen molar-refractivity contribution < 1.29 is 9.13 Å². The van der Waals surface area contributed by atoms with Gasteiger partial charge in [-0.25, -0.2) is 4.39 Å². The van der Waals surface area contributed by atoms with E-state index in [1.54, 1.807) is 12.1 Å². The first kappa shape index (κ1) is 14.3. The van der Waals surface area contributed by atoms with Crippen LogP contribution in [0.4, 0.5) is 4.39 Å². The molecule has 0 saturated carbocycles. The van der Waals surface area contributed by atoms with Crippen LogP contribution in [0.3, 0.4) is 0 Å². The van der Waals surface area contributed by atoms with Gasteiger partial charge in [-0.05, 0) is 25.3 Å². The monoisotopic (exact) mass is 257 g/mol. The highest BCUT2D eigenvalue weighted by atomic mass is 32.2. The van der Waals surface area contributed by atoms with Crippen molar-refractivity contribution in [2.45, 2.75) is 25.1 Å². The molecule has 0 aliphatic carbocycles. The van der Waals surface area contributed by atoms with Crippen LogP contribution in [0.25, 0.3) is 0 Å². The van der Waals surface area contributed by atoms with Gasteiger partial charge in [0.25, 0.3) is 0 Å². The standard InChI is InChI=1S/C13H20FNOS/c1-10(17-3)6-7-15-9-11-4-5-12(16-2)8-13(11)14/h4-5,8,10,15H,6-7,9H2,1-3H3. The zero-order chi connectivity index (χ0) is 12.7. The highest BCUT2D eigenvalue weighted by Gasteiger charge is 2.04. The minimum atomic E-state index is -0.213. The average Bonchev–Trinajstić information content (AvgIpc) is 2.35. The van der Waals surface area contributed by atoms with E-state index < -0.39 is 0 Å². The maximum absolute atomic E-state index is 13.6.